The first kappa shape index (κ1) is 16.4. The van der Waals surface area contributed by atoms with Crippen molar-refractivity contribution in [3.63, 3.8) is 0 Å². The number of rotatable bonds is 4. The van der Waals surface area contributed by atoms with E-state index in [0.717, 1.165) is 36.1 Å². The highest BCUT2D eigenvalue weighted by molar-refractivity contribution is 9.10. The highest BCUT2D eigenvalue weighted by Gasteiger charge is 2.27. The largest absolute Gasteiger partial charge is 0.367 e. The Hall–Kier alpha value is 0.0400. The quantitative estimate of drug-likeness (QED) is 0.731. The summed E-state index contributed by atoms with van der Waals surface area (Å²) in [5.74, 6) is 0. The number of anilines is 1. The molecule has 2 atom stereocenters. The molecule has 0 aromatic heterocycles. The smallest absolute Gasteiger partial charge is 0.0837 e. The molecule has 112 valence electrons. The summed E-state index contributed by atoms with van der Waals surface area (Å²) in [6.07, 6.45) is 3.47. The highest BCUT2D eigenvalue weighted by Crippen LogP contribution is 2.39. The van der Waals surface area contributed by atoms with Crippen molar-refractivity contribution in [3.05, 3.63) is 26.7 Å². The van der Waals surface area contributed by atoms with Gasteiger partial charge >= 0.3 is 0 Å². The molecular formula is C15H21BrCl2N2. The summed E-state index contributed by atoms with van der Waals surface area (Å²) in [6, 6.07) is 5.10. The Bertz CT molecular complexity index is 467. The molecule has 5 heteroatoms. The minimum Gasteiger partial charge on any atom is -0.367 e. The van der Waals surface area contributed by atoms with Gasteiger partial charge in [0.25, 0.3) is 0 Å². The maximum atomic E-state index is 6.40. The lowest BCUT2D eigenvalue weighted by Crippen LogP contribution is -2.47. The van der Waals surface area contributed by atoms with Crippen molar-refractivity contribution in [2.75, 3.05) is 18.0 Å². The van der Waals surface area contributed by atoms with E-state index in [1.165, 1.54) is 6.42 Å². The van der Waals surface area contributed by atoms with E-state index in [-0.39, 0.29) is 0 Å². The van der Waals surface area contributed by atoms with E-state index in [2.05, 4.69) is 46.1 Å². The van der Waals surface area contributed by atoms with E-state index in [9.17, 15) is 0 Å². The van der Waals surface area contributed by atoms with Crippen LogP contribution in [0.15, 0.2) is 16.6 Å². The van der Waals surface area contributed by atoms with E-state index < -0.39 is 0 Å². The normalized spacial score (nSPS) is 23.1. The predicted octanol–water partition coefficient (Wildman–Crippen LogP) is 5.11. The van der Waals surface area contributed by atoms with Gasteiger partial charge in [0.15, 0.2) is 0 Å². The Labute approximate surface area is 139 Å². The molecule has 1 saturated heterocycles. The average Bonchev–Trinajstić information content (AvgIpc) is 2.44. The van der Waals surface area contributed by atoms with Gasteiger partial charge in [-0.2, -0.15) is 0 Å². The number of halogens is 3. The SMILES string of the molecule is CCCNC1CCN(c2ccc(Br)c(Cl)c2Cl)C(C)C1. The zero-order valence-corrected chi connectivity index (χ0v) is 15.0. The first-order valence-electron chi connectivity index (χ1n) is 7.18. The second-order valence-corrected chi connectivity index (χ2v) is 7.02. The van der Waals surface area contributed by atoms with Gasteiger partial charge in [-0.05, 0) is 60.8 Å². The molecular weight excluding hydrogens is 359 g/mol. The molecule has 1 aliphatic heterocycles. The second kappa shape index (κ2) is 7.35. The van der Waals surface area contributed by atoms with Crippen molar-refractivity contribution in [1.82, 2.24) is 5.32 Å². The molecule has 0 saturated carbocycles. The molecule has 1 aromatic carbocycles. The van der Waals surface area contributed by atoms with E-state index in [4.69, 9.17) is 23.2 Å². The standard InChI is InChI=1S/C15H21BrCl2N2/c1-3-7-19-11-6-8-20(10(2)9-11)13-5-4-12(16)14(17)15(13)18/h4-5,10-11,19H,3,6-9H2,1-2H3. The second-order valence-electron chi connectivity index (χ2n) is 5.41. The summed E-state index contributed by atoms with van der Waals surface area (Å²) in [6.45, 7) is 6.57. The van der Waals surface area contributed by atoms with Crippen LogP contribution in [-0.4, -0.2) is 25.2 Å². The Morgan fingerprint density at radius 2 is 2.10 bits per heavy atom. The van der Waals surface area contributed by atoms with E-state index in [1.54, 1.807) is 0 Å². The van der Waals surface area contributed by atoms with E-state index in [0.29, 0.717) is 22.1 Å². The zero-order chi connectivity index (χ0) is 14.7. The molecule has 0 bridgehead atoms. The van der Waals surface area contributed by atoms with Crippen LogP contribution < -0.4 is 10.2 Å². The number of hydrogen-bond acceptors (Lipinski definition) is 2. The zero-order valence-electron chi connectivity index (χ0n) is 11.9. The molecule has 0 spiro atoms. The van der Waals surface area contributed by atoms with Crippen LogP contribution >= 0.6 is 39.1 Å². The summed E-state index contributed by atoms with van der Waals surface area (Å²) in [4.78, 5) is 2.37. The minimum atomic E-state index is 0.466. The summed E-state index contributed by atoms with van der Waals surface area (Å²) in [5, 5.41) is 4.86. The van der Waals surface area contributed by atoms with Gasteiger partial charge in [0.05, 0.1) is 15.7 Å². The number of nitrogens with zero attached hydrogens (tertiary/aromatic N) is 1. The Morgan fingerprint density at radius 1 is 1.35 bits per heavy atom. The van der Waals surface area contributed by atoms with Crippen molar-refractivity contribution >= 4 is 44.8 Å². The highest BCUT2D eigenvalue weighted by atomic mass is 79.9. The molecule has 2 unspecified atom stereocenters. The molecule has 0 amide bonds. The lowest BCUT2D eigenvalue weighted by atomic mass is 9.97. The molecule has 0 radical (unpaired) electrons. The average molecular weight is 380 g/mol. The molecule has 1 aromatic rings. The molecule has 1 fully saturated rings. The van der Waals surface area contributed by atoms with Gasteiger partial charge in [0, 0.05) is 23.1 Å². The Morgan fingerprint density at radius 3 is 2.75 bits per heavy atom. The lowest BCUT2D eigenvalue weighted by Gasteiger charge is -2.40. The van der Waals surface area contributed by atoms with Crippen LogP contribution in [0.25, 0.3) is 0 Å². The van der Waals surface area contributed by atoms with E-state index >= 15 is 0 Å². The summed E-state index contributed by atoms with van der Waals surface area (Å²) in [5.41, 5.74) is 1.04. The number of nitrogens with one attached hydrogen (secondary N) is 1. The van der Waals surface area contributed by atoms with Gasteiger partial charge in [-0.3, -0.25) is 0 Å². The summed E-state index contributed by atoms with van der Waals surface area (Å²) < 4.78 is 0.847. The summed E-state index contributed by atoms with van der Waals surface area (Å²) in [7, 11) is 0. The molecule has 20 heavy (non-hydrogen) atoms. The van der Waals surface area contributed by atoms with Crippen LogP contribution in [0.2, 0.25) is 10.0 Å². The van der Waals surface area contributed by atoms with Crippen molar-refractivity contribution in [1.29, 1.82) is 0 Å². The maximum Gasteiger partial charge on any atom is 0.0837 e. The van der Waals surface area contributed by atoms with Gasteiger partial charge in [0.2, 0.25) is 0 Å². The molecule has 1 aliphatic rings. The third-order valence-corrected chi connectivity index (χ3v) is 5.64. The molecule has 2 nitrogen and oxygen atoms in total. The monoisotopic (exact) mass is 378 g/mol. The van der Waals surface area contributed by atoms with E-state index in [1.807, 2.05) is 6.07 Å². The molecule has 0 aliphatic carbocycles. The van der Waals surface area contributed by atoms with Crippen molar-refractivity contribution < 1.29 is 0 Å². The third-order valence-electron chi connectivity index (χ3n) is 3.88. The van der Waals surface area contributed by atoms with Crippen molar-refractivity contribution in [3.8, 4) is 0 Å². The number of piperidine rings is 1. The van der Waals surface area contributed by atoms with Crippen LogP contribution in [0.5, 0.6) is 0 Å². The molecule has 1 N–H and O–H groups in total. The Kier molecular flexibility index (Phi) is 6.03. The van der Waals surface area contributed by atoms with Gasteiger partial charge in [0.1, 0.15) is 0 Å². The number of hydrogen-bond donors (Lipinski definition) is 1. The van der Waals surface area contributed by atoms with Crippen molar-refractivity contribution in [2.45, 2.75) is 45.2 Å². The lowest BCUT2D eigenvalue weighted by molar-refractivity contribution is 0.369. The Balaban J connectivity index is 2.10. The van der Waals surface area contributed by atoms with Crippen molar-refractivity contribution in [2.24, 2.45) is 0 Å². The van der Waals surface area contributed by atoms with Crippen LogP contribution in [-0.2, 0) is 0 Å². The fourth-order valence-corrected chi connectivity index (χ4v) is 3.68. The minimum absolute atomic E-state index is 0.466. The third kappa shape index (κ3) is 3.62. The summed E-state index contributed by atoms with van der Waals surface area (Å²) >= 11 is 16.0. The van der Waals surface area contributed by atoms with Crippen LogP contribution in [0.3, 0.4) is 0 Å². The van der Waals surface area contributed by atoms with Gasteiger partial charge in [-0.25, -0.2) is 0 Å². The number of benzene rings is 1. The van der Waals surface area contributed by atoms with Gasteiger partial charge in [-0.1, -0.05) is 30.1 Å². The first-order valence-corrected chi connectivity index (χ1v) is 8.73. The fraction of sp³-hybridized carbons (Fsp3) is 0.600. The predicted molar refractivity (Wildman–Crippen MR) is 92.3 cm³/mol. The maximum absolute atomic E-state index is 6.40. The first-order chi connectivity index (χ1) is 9.54. The molecule has 2 rings (SSSR count). The van der Waals surface area contributed by atoms with Crippen LogP contribution in [0, 0.1) is 0 Å². The fourth-order valence-electron chi connectivity index (χ4n) is 2.80. The van der Waals surface area contributed by atoms with Crippen LogP contribution in [0.1, 0.15) is 33.1 Å². The van der Waals surface area contributed by atoms with Crippen LogP contribution in [0.4, 0.5) is 5.69 Å². The molecule has 1 heterocycles. The topological polar surface area (TPSA) is 15.3 Å². The van der Waals surface area contributed by atoms with Gasteiger partial charge in [-0.15, -0.1) is 0 Å². The van der Waals surface area contributed by atoms with Gasteiger partial charge < -0.3 is 10.2 Å².